The highest BCUT2D eigenvalue weighted by Crippen LogP contribution is 2.33. The standard InChI is InChI=1S/C25H21N7O/c1-16-4-3-5-17(12-16)23-29-21-14-27-25(30-24(21)32(23)19-8-10-33-11-9-19)31-15-28-20-7-6-18(26-2)13-22(20)31/h3-7,12-15,19H,8-11H2,1H3. The number of hydrogen-bond acceptors (Lipinski definition) is 5. The van der Waals surface area contributed by atoms with Crippen molar-refractivity contribution in [3.63, 3.8) is 0 Å². The third-order valence-electron chi connectivity index (χ3n) is 6.13. The van der Waals surface area contributed by atoms with Crippen LogP contribution in [-0.2, 0) is 4.74 Å². The molecule has 0 amide bonds. The van der Waals surface area contributed by atoms with Crippen LogP contribution in [0.2, 0.25) is 0 Å². The molecule has 33 heavy (non-hydrogen) atoms. The molecule has 0 unspecified atom stereocenters. The highest BCUT2D eigenvalue weighted by molar-refractivity contribution is 5.82. The van der Waals surface area contributed by atoms with Crippen LogP contribution in [0.5, 0.6) is 0 Å². The van der Waals surface area contributed by atoms with Gasteiger partial charge in [0, 0.05) is 24.8 Å². The lowest BCUT2D eigenvalue weighted by Crippen LogP contribution is -2.20. The lowest BCUT2D eigenvalue weighted by Gasteiger charge is -2.25. The monoisotopic (exact) mass is 435 g/mol. The zero-order valence-corrected chi connectivity index (χ0v) is 18.1. The Morgan fingerprint density at radius 1 is 1.03 bits per heavy atom. The van der Waals surface area contributed by atoms with Gasteiger partial charge in [0.1, 0.15) is 17.7 Å². The van der Waals surface area contributed by atoms with Gasteiger partial charge in [-0.15, -0.1) is 0 Å². The fraction of sp³-hybridized carbons (Fsp3) is 0.240. The summed E-state index contributed by atoms with van der Waals surface area (Å²) in [5, 5.41) is 0. The molecule has 5 aromatic rings. The number of rotatable bonds is 3. The number of nitrogens with zero attached hydrogens (tertiary/aromatic N) is 7. The molecule has 2 aromatic carbocycles. The molecule has 1 fully saturated rings. The van der Waals surface area contributed by atoms with Crippen molar-refractivity contribution in [1.82, 2.24) is 29.1 Å². The maximum atomic E-state index is 7.34. The van der Waals surface area contributed by atoms with E-state index >= 15 is 0 Å². The van der Waals surface area contributed by atoms with E-state index < -0.39 is 0 Å². The molecule has 0 N–H and O–H groups in total. The van der Waals surface area contributed by atoms with Crippen molar-refractivity contribution in [1.29, 1.82) is 0 Å². The van der Waals surface area contributed by atoms with Crippen molar-refractivity contribution < 1.29 is 4.74 Å². The number of ether oxygens (including phenoxy) is 1. The fourth-order valence-corrected chi connectivity index (χ4v) is 4.50. The third kappa shape index (κ3) is 3.34. The molecule has 6 rings (SSSR count). The Kier molecular flexibility index (Phi) is 4.63. The van der Waals surface area contributed by atoms with Crippen LogP contribution in [-0.4, -0.2) is 42.3 Å². The predicted molar refractivity (Wildman–Crippen MR) is 125 cm³/mol. The summed E-state index contributed by atoms with van der Waals surface area (Å²) in [5.74, 6) is 1.41. The van der Waals surface area contributed by atoms with E-state index in [-0.39, 0.29) is 6.04 Å². The Morgan fingerprint density at radius 2 is 1.91 bits per heavy atom. The highest BCUT2D eigenvalue weighted by atomic mass is 16.5. The second-order valence-electron chi connectivity index (χ2n) is 8.30. The second kappa shape index (κ2) is 7.80. The number of benzene rings is 2. The molecule has 0 radical (unpaired) electrons. The van der Waals surface area contributed by atoms with E-state index in [2.05, 4.69) is 50.6 Å². The minimum atomic E-state index is 0.246. The Bertz CT molecular complexity index is 1540. The highest BCUT2D eigenvalue weighted by Gasteiger charge is 2.24. The molecule has 1 aliphatic rings. The van der Waals surface area contributed by atoms with Gasteiger partial charge in [0.15, 0.2) is 11.3 Å². The Labute approximate surface area is 190 Å². The quantitative estimate of drug-likeness (QED) is 0.371. The summed E-state index contributed by atoms with van der Waals surface area (Å²) < 4.78 is 9.71. The van der Waals surface area contributed by atoms with Crippen LogP contribution in [0.1, 0.15) is 24.4 Å². The average Bonchev–Trinajstić information content (AvgIpc) is 3.45. The lowest BCUT2D eigenvalue weighted by atomic mass is 10.1. The SMILES string of the molecule is [C-]#[N+]c1ccc2ncn(-c3ncc4nc(-c5cccc(C)c5)n(C5CCOCC5)c4n3)c2c1. The van der Waals surface area contributed by atoms with E-state index in [0.717, 1.165) is 59.6 Å². The number of aryl methyl sites for hydroxylation is 1. The lowest BCUT2D eigenvalue weighted by molar-refractivity contribution is 0.0708. The molecule has 162 valence electrons. The van der Waals surface area contributed by atoms with E-state index in [1.165, 1.54) is 5.56 Å². The van der Waals surface area contributed by atoms with E-state index in [9.17, 15) is 0 Å². The van der Waals surface area contributed by atoms with Crippen LogP contribution in [0.25, 0.3) is 44.4 Å². The molecular weight excluding hydrogens is 414 g/mol. The van der Waals surface area contributed by atoms with Gasteiger partial charge in [0.2, 0.25) is 5.95 Å². The Balaban J connectivity index is 1.57. The van der Waals surface area contributed by atoms with Crippen molar-refractivity contribution in [2.75, 3.05) is 13.2 Å². The first-order chi connectivity index (χ1) is 16.2. The van der Waals surface area contributed by atoms with Gasteiger partial charge < -0.3 is 9.30 Å². The van der Waals surface area contributed by atoms with Crippen LogP contribution >= 0.6 is 0 Å². The molecule has 8 nitrogen and oxygen atoms in total. The number of fused-ring (bicyclic) bond motifs is 2. The minimum absolute atomic E-state index is 0.246. The maximum Gasteiger partial charge on any atom is 0.237 e. The summed E-state index contributed by atoms with van der Waals surface area (Å²) >= 11 is 0. The molecule has 0 atom stereocenters. The van der Waals surface area contributed by atoms with Crippen molar-refractivity contribution in [3.05, 3.63) is 72.0 Å². The summed E-state index contributed by atoms with van der Waals surface area (Å²) in [7, 11) is 0. The molecule has 0 bridgehead atoms. The van der Waals surface area contributed by atoms with Gasteiger partial charge in [-0.05, 0) is 38.0 Å². The van der Waals surface area contributed by atoms with Crippen molar-refractivity contribution in [2.45, 2.75) is 25.8 Å². The van der Waals surface area contributed by atoms with Gasteiger partial charge in [-0.3, -0.25) is 4.57 Å². The molecule has 1 aliphatic heterocycles. The van der Waals surface area contributed by atoms with Gasteiger partial charge in [0.25, 0.3) is 0 Å². The topological polar surface area (TPSA) is 75.0 Å². The first-order valence-electron chi connectivity index (χ1n) is 11.0. The molecular formula is C25H21N7O. The van der Waals surface area contributed by atoms with Crippen LogP contribution in [0.3, 0.4) is 0 Å². The molecule has 4 heterocycles. The van der Waals surface area contributed by atoms with Gasteiger partial charge in [-0.25, -0.2) is 19.8 Å². The number of imidazole rings is 2. The van der Waals surface area contributed by atoms with E-state index in [4.69, 9.17) is 21.3 Å². The second-order valence-corrected chi connectivity index (χ2v) is 8.30. The van der Waals surface area contributed by atoms with Crippen molar-refractivity contribution in [2.24, 2.45) is 0 Å². The third-order valence-corrected chi connectivity index (χ3v) is 6.13. The normalized spacial score (nSPS) is 14.7. The summed E-state index contributed by atoms with van der Waals surface area (Å²) in [6.45, 7) is 10.9. The van der Waals surface area contributed by atoms with E-state index in [1.54, 1.807) is 18.6 Å². The summed E-state index contributed by atoms with van der Waals surface area (Å²) in [5.41, 5.74) is 5.96. The summed E-state index contributed by atoms with van der Waals surface area (Å²) in [4.78, 5) is 22.5. The van der Waals surface area contributed by atoms with Crippen LogP contribution < -0.4 is 0 Å². The van der Waals surface area contributed by atoms with Crippen molar-refractivity contribution >= 4 is 27.9 Å². The van der Waals surface area contributed by atoms with Gasteiger partial charge in [0.05, 0.1) is 23.8 Å². The van der Waals surface area contributed by atoms with E-state index in [0.29, 0.717) is 11.6 Å². The first-order valence-corrected chi connectivity index (χ1v) is 11.0. The molecule has 0 aliphatic carbocycles. The van der Waals surface area contributed by atoms with E-state index in [1.807, 2.05) is 16.7 Å². The number of hydrogen-bond donors (Lipinski definition) is 0. The average molecular weight is 435 g/mol. The van der Waals surface area contributed by atoms with Crippen molar-refractivity contribution in [3.8, 4) is 17.3 Å². The van der Waals surface area contributed by atoms with Gasteiger partial charge in [-0.1, -0.05) is 29.8 Å². The predicted octanol–water partition coefficient (Wildman–Crippen LogP) is 5.04. The Hall–Kier alpha value is -4.09. The fourth-order valence-electron chi connectivity index (χ4n) is 4.50. The molecule has 8 heteroatoms. The van der Waals surface area contributed by atoms with Gasteiger partial charge >= 0.3 is 0 Å². The van der Waals surface area contributed by atoms with Crippen LogP contribution in [0.4, 0.5) is 5.69 Å². The minimum Gasteiger partial charge on any atom is -0.381 e. The molecule has 0 saturated carbocycles. The number of aromatic nitrogens is 6. The maximum absolute atomic E-state index is 7.34. The zero-order chi connectivity index (χ0) is 22.4. The van der Waals surface area contributed by atoms with Crippen LogP contribution in [0.15, 0.2) is 55.0 Å². The summed E-state index contributed by atoms with van der Waals surface area (Å²) in [6.07, 6.45) is 5.30. The first kappa shape index (κ1) is 19.6. The Morgan fingerprint density at radius 3 is 2.73 bits per heavy atom. The largest absolute Gasteiger partial charge is 0.381 e. The molecule has 1 saturated heterocycles. The molecule has 0 spiro atoms. The molecule has 3 aromatic heterocycles. The summed E-state index contributed by atoms with van der Waals surface area (Å²) in [6, 6.07) is 14.1. The van der Waals surface area contributed by atoms with Crippen LogP contribution in [0, 0.1) is 13.5 Å². The zero-order valence-electron chi connectivity index (χ0n) is 18.1. The smallest absolute Gasteiger partial charge is 0.237 e. The van der Waals surface area contributed by atoms with Gasteiger partial charge in [-0.2, -0.15) is 4.98 Å².